The molecule has 1 N–H and O–H groups in total. The Morgan fingerprint density at radius 3 is 2.61 bits per heavy atom. The minimum Gasteiger partial charge on any atom is -0.376 e. The number of hydrogen-bond donors (Lipinski definition) is 1. The molecule has 0 aromatic heterocycles. The first-order chi connectivity index (χ1) is 8.65. The summed E-state index contributed by atoms with van der Waals surface area (Å²) < 4.78 is 5.63. The van der Waals surface area contributed by atoms with Gasteiger partial charge in [-0.1, -0.05) is 0 Å². The van der Waals surface area contributed by atoms with Gasteiger partial charge >= 0.3 is 6.03 Å². The summed E-state index contributed by atoms with van der Waals surface area (Å²) in [6, 6.07) is 0.499. The number of likely N-dealkylation sites (N-methyl/N-ethyl adjacent to an activating group) is 1. The molecule has 2 aliphatic rings. The van der Waals surface area contributed by atoms with Crippen LogP contribution in [-0.2, 0) is 4.74 Å². The molecule has 1 aliphatic carbocycles. The van der Waals surface area contributed by atoms with Crippen molar-refractivity contribution < 1.29 is 9.53 Å². The van der Waals surface area contributed by atoms with Crippen molar-refractivity contribution in [2.24, 2.45) is 0 Å². The average Bonchev–Trinajstić information content (AvgIpc) is 2.98. The van der Waals surface area contributed by atoms with Crippen molar-refractivity contribution in [2.75, 3.05) is 40.3 Å². The molecule has 1 heterocycles. The van der Waals surface area contributed by atoms with Crippen LogP contribution < -0.4 is 5.32 Å². The molecule has 2 fully saturated rings. The number of nitrogens with one attached hydrogen (secondary N) is 1. The molecule has 0 spiro atoms. The molecule has 1 saturated carbocycles. The van der Waals surface area contributed by atoms with E-state index in [2.05, 4.69) is 10.2 Å². The molecule has 0 radical (unpaired) electrons. The van der Waals surface area contributed by atoms with Crippen LogP contribution in [0.25, 0.3) is 0 Å². The van der Waals surface area contributed by atoms with Gasteiger partial charge in [0, 0.05) is 32.3 Å². The summed E-state index contributed by atoms with van der Waals surface area (Å²) in [7, 11) is 4.06. The zero-order valence-corrected chi connectivity index (χ0v) is 11.5. The lowest BCUT2D eigenvalue weighted by Crippen LogP contribution is -2.46. The second-order valence-electron chi connectivity index (χ2n) is 5.61. The lowest BCUT2D eigenvalue weighted by molar-refractivity contribution is 0.0795. The Bertz CT molecular complexity index is 273. The van der Waals surface area contributed by atoms with Crippen molar-refractivity contribution in [3.05, 3.63) is 0 Å². The second kappa shape index (κ2) is 6.38. The SMILES string of the molecule is CN(C)CCN(CC1CCCO1)C(=O)NC1CC1. The van der Waals surface area contributed by atoms with Crippen molar-refractivity contribution in [3.8, 4) is 0 Å². The van der Waals surface area contributed by atoms with Crippen LogP contribution in [0, 0.1) is 0 Å². The molecule has 0 bridgehead atoms. The van der Waals surface area contributed by atoms with Crippen molar-refractivity contribution in [3.63, 3.8) is 0 Å². The molecular weight excluding hydrogens is 230 g/mol. The molecule has 104 valence electrons. The number of carbonyl (C=O) groups is 1. The molecule has 18 heavy (non-hydrogen) atoms. The lowest BCUT2D eigenvalue weighted by Gasteiger charge is -2.27. The van der Waals surface area contributed by atoms with E-state index in [1.807, 2.05) is 19.0 Å². The zero-order chi connectivity index (χ0) is 13.0. The minimum atomic E-state index is 0.0786. The Hall–Kier alpha value is -0.810. The van der Waals surface area contributed by atoms with Crippen molar-refractivity contribution in [1.29, 1.82) is 0 Å². The van der Waals surface area contributed by atoms with E-state index in [0.29, 0.717) is 6.04 Å². The van der Waals surface area contributed by atoms with Gasteiger partial charge in [-0.3, -0.25) is 0 Å². The minimum absolute atomic E-state index is 0.0786. The highest BCUT2D eigenvalue weighted by molar-refractivity contribution is 5.74. The largest absolute Gasteiger partial charge is 0.376 e. The van der Waals surface area contributed by atoms with Gasteiger partial charge in [0.05, 0.1) is 6.10 Å². The first-order valence-electron chi connectivity index (χ1n) is 6.97. The van der Waals surface area contributed by atoms with E-state index in [1.165, 1.54) is 0 Å². The van der Waals surface area contributed by atoms with Crippen LogP contribution in [0.2, 0.25) is 0 Å². The summed E-state index contributed by atoms with van der Waals surface area (Å²) in [6.45, 7) is 3.24. The molecule has 5 nitrogen and oxygen atoms in total. The molecule has 5 heteroatoms. The maximum Gasteiger partial charge on any atom is 0.317 e. The van der Waals surface area contributed by atoms with Gasteiger partial charge in [0.25, 0.3) is 0 Å². The van der Waals surface area contributed by atoms with Crippen LogP contribution in [0.4, 0.5) is 4.79 Å². The van der Waals surface area contributed by atoms with E-state index in [4.69, 9.17) is 4.74 Å². The highest BCUT2D eigenvalue weighted by Crippen LogP contribution is 2.19. The molecule has 1 saturated heterocycles. The molecule has 0 aromatic carbocycles. The Labute approximate surface area is 109 Å². The number of nitrogens with zero attached hydrogens (tertiary/aromatic N) is 2. The molecular formula is C13H25N3O2. The van der Waals surface area contributed by atoms with Gasteiger partial charge in [-0.05, 0) is 39.8 Å². The monoisotopic (exact) mass is 255 g/mol. The van der Waals surface area contributed by atoms with Gasteiger partial charge in [-0.25, -0.2) is 4.79 Å². The Morgan fingerprint density at radius 1 is 1.28 bits per heavy atom. The van der Waals surface area contributed by atoms with Crippen molar-refractivity contribution in [1.82, 2.24) is 15.1 Å². The zero-order valence-electron chi connectivity index (χ0n) is 11.5. The van der Waals surface area contributed by atoms with Gasteiger partial charge in [-0.15, -0.1) is 0 Å². The number of amides is 2. The topological polar surface area (TPSA) is 44.8 Å². The van der Waals surface area contributed by atoms with Gasteiger partial charge in [-0.2, -0.15) is 0 Å². The fourth-order valence-electron chi connectivity index (χ4n) is 2.12. The van der Waals surface area contributed by atoms with E-state index in [0.717, 1.165) is 51.9 Å². The van der Waals surface area contributed by atoms with Gasteiger partial charge in [0.15, 0.2) is 0 Å². The fraction of sp³-hybridized carbons (Fsp3) is 0.923. The Kier molecular flexibility index (Phi) is 4.83. The maximum atomic E-state index is 12.1. The predicted octanol–water partition coefficient (Wildman–Crippen LogP) is 0.901. The molecule has 1 unspecified atom stereocenters. The summed E-state index contributed by atoms with van der Waals surface area (Å²) in [5, 5.41) is 3.06. The standard InChI is InChI=1S/C13H25N3O2/c1-15(2)7-8-16(10-12-4-3-9-18-12)13(17)14-11-5-6-11/h11-12H,3-10H2,1-2H3,(H,14,17). The molecule has 2 rings (SSSR count). The Balaban J connectivity index is 1.81. The van der Waals surface area contributed by atoms with Crippen LogP contribution >= 0.6 is 0 Å². The molecule has 1 atom stereocenters. The van der Waals surface area contributed by atoms with Crippen LogP contribution in [0.15, 0.2) is 0 Å². The van der Waals surface area contributed by atoms with E-state index in [1.54, 1.807) is 0 Å². The van der Waals surface area contributed by atoms with Crippen molar-refractivity contribution >= 4 is 6.03 Å². The highest BCUT2D eigenvalue weighted by atomic mass is 16.5. The van der Waals surface area contributed by atoms with E-state index in [-0.39, 0.29) is 12.1 Å². The number of hydrogen-bond acceptors (Lipinski definition) is 3. The third kappa shape index (κ3) is 4.46. The number of carbonyl (C=O) groups excluding carboxylic acids is 1. The van der Waals surface area contributed by atoms with E-state index >= 15 is 0 Å². The third-order valence-electron chi connectivity index (χ3n) is 3.46. The van der Waals surface area contributed by atoms with Crippen LogP contribution in [0.3, 0.4) is 0 Å². The second-order valence-corrected chi connectivity index (χ2v) is 5.61. The molecule has 1 aliphatic heterocycles. The quantitative estimate of drug-likeness (QED) is 0.767. The third-order valence-corrected chi connectivity index (χ3v) is 3.46. The summed E-state index contributed by atoms with van der Waals surface area (Å²) >= 11 is 0. The fourth-order valence-corrected chi connectivity index (χ4v) is 2.12. The summed E-state index contributed by atoms with van der Waals surface area (Å²) in [4.78, 5) is 16.1. The average molecular weight is 255 g/mol. The Morgan fingerprint density at radius 2 is 2.06 bits per heavy atom. The summed E-state index contributed by atoms with van der Waals surface area (Å²) in [5.41, 5.74) is 0. The maximum absolute atomic E-state index is 12.1. The summed E-state index contributed by atoms with van der Waals surface area (Å²) in [6.07, 6.45) is 4.70. The lowest BCUT2D eigenvalue weighted by atomic mass is 10.2. The van der Waals surface area contributed by atoms with Gasteiger partial charge < -0.3 is 19.9 Å². The van der Waals surface area contributed by atoms with E-state index < -0.39 is 0 Å². The number of urea groups is 1. The normalized spacial score (nSPS) is 23.4. The van der Waals surface area contributed by atoms with Crippen molar-refractivity contribution in [2.45, 2.75) is 37.8 Å². The first-order valence-corrected chi connectivity index (χ1v) is 6.97. The summed E-state index contributed by atoms with van der Waals surface area (Å²) in [5.74, 6) is 0. The van der Waals surface area contributed by atoms with Crippen LogP contribution in [0.1, 0.15) is 25.7 Å². The number of rotatable bonds is 6. The van der Waals surface area contributed by atoms with Crippen LogP contribution in [-0.4, -0.2) is 68.3 Å². The molecule has 0 aromatic rings. The highest BCUT2D eigenvalue weighted by Gasteiger charge is 2.28. The van der Waals surface area contributed by atoms with E-state index in [9.17, 15) is 4.79 Å². The smallest absolute Gasteiger partial charge is 0.317 e. The van der Waals surface area contributed by atoms with Gasteiger partial charge in [0.2, 0.25) is 0 Å². The molecule has 2 amide bonds. The first kappa shape index (κ1) is 13.6. The number of ether oxygens (including phenoxy) is 1. The van der Waals surface area contributed by atoms with Gasteiger partial charge in [0.1, 0.15) is 0 Å². The predicted molar refractivity (Wildman–Crippen MR) is 70.7 cm³/mol. The van der Waals surface area contributed by atoms with Crippen LogP contribution in [0.5, 0.6) is 0 Å².